The molecule has 0 spiro atoms. The Balaban J connectivity index is 0.000000479. The Morgan fingerprint density at radius 3 is 0.806 bits per heavy atom. The second kappa shape index (κ2) is 14.2. The fourth-order valence-electron chi connectivity index (χ4n) is 3.02. The summed E-state index contributed by atoms with van der Waals surface area (Å²) in [5, 5.41) is 19.9. The van der Waals surface area contributed by atoms with Gasteiger partial charge in [-0.3, -0.25) is 0 Å². The summed E-state index contributed by atoms with van der Waals surface area (Å²) in [6.07, 6.45) is 0. The zero-order chi connectivity index (χ0) is 24.5. The van der Waals surface area contributed by atoms with Crippen LogP contribution in [0.15, 0.2) is 36.4 Å². The van der Waals surface area contributed by atoms with E-state index in [-0.39, 0.29) is 0 Å². The van der Waals surface area contributed by atoms with E-state index in [4.69, 9.17) is 37.7 Å². The molecule has 2 nitrogen and oxygen atoms in total. The minimum absolute atomic E-state index is 0.388. The van der Waals surface area contributed by atoms with Crippen LogP contribution in [0.5, 0.6) is 11.5 Å². The van der Waals surface area contributed by atoms with Crippen LogP contribution in [0.3, 0.4) is 0 Å². The van der Waals surface area contributed by atoms with Crippen LogP contribution in [0.2, 0.25) is 0 Å². The third-order valence-corrected chi connectivity index (χ3v) is 4.68. The summed E-state index contributed by atoms with van der Waals surface area (Å²) in [5.41, 5.74) is 4.19. The van der Waals surface area contributed by atoms with Crippen molar-refractivity contribution in [2.75, 3.05) is 0 Å². The number of phenols is 2. The standard InChI is InChI=1S/2C12H18O.4ClH.W/c2*1-8(2)10-6-5-7-11(9(3)4)12(10)13;;;;;/h2*5-9,13H,1-4H3;4*1H;/q;;;;;;+4/p-4. The van der Waals surface area contributed by atoms with Gasteiger partial charge in [0.25, 0.3) is 0 Å². The van der Waals surface area contributed by atoms with Crippen molar-refractivity contribution in [2.45, 2.75) is 79.1 Å². The average Bonchev–Trinajstić information content (AvgIpc) is 2.60. The molecule has 0 aliphatic carbocycles. The van der Waals surface area contributed by atoms with E-state index in [0.29, 0.717) is 35.2 Å². The molecule has 0 saturated carbocycles. The zero-order valence-corrected chi connectivity index (χ0v) is 25.5. The Morgan fingerprint density at radius 2 is 0.677 bits per heavy atom. The van der Waals surface area contributed by atoms with Crippen LogP contribution in [0.1, 0.15) is 101 Å². The van der Waals surface area contributed by atoms with Crippen LogP contribution < -0.4 is 0 Å². The van der Waals surface area contributed by atoms with Crippen LogP contribution in [0.25, 0.3) is 0 Å². The first-order valence-electron chi connectivity index (χ1n) is 10.3. The number of rotatable bonds is 4. The molecule has 31 heavy (non-hydrogen) atoms. The molecular weight excluding hydrogens is 646 g/mol. The molecule has 0 radical (unpaired) electrons. The maximum absolute atomic E-state index is 9.93. The number of para-hydroxylation sites is 2. The summed E-state index contributed by atoms with van der Waals surface area (Å²) < 4.78 is 0. The number of hydrogen-bond donors (Lipinski definition) is 2. The number of benzene rings is 2. The van der Waals surface area contributed by atoms with Gasteiger partial charge in [0.1, 0.15) is 11.5 Å². The van der Waals surface area contributed by atoms with Crippen molar-refractivity contribution in [1.29, 1.82) is 0 Å². The Labute approximate surface area is 207 Å². The van der Waals surface area contributed by atoms with Crippen molar-refractivity contribution in [3.8, 4) is 11.5 Å². The quantitative estimate of drug-likeness (QED) is 0.337. The third kappa shape index (κ3) is 12.1. The average molecular weight is 682 g/mol. The van der Waals surface area contributed by atoms with Crippen molar-refractivity contribution in [1.82, 2.24) is 0 Å². The molecular formula is C24H36Cl4O2W. The van der Waals surface area contributed by atoms with E-state index in [2.05, 4.69) is 55.4 Å². The predicted molar refractivity (Wildman–Crippen MR) is 136 cm³/mol. The first kappa shape index (κ1) is 30.9. The van der Waals surface area contributed by atoms with Gasteiger partial charge < -0.3 is 10.2 Å². The first-order chi connectivity index (χ1) is 14.1. The van der Waals surface area contributed by atoms with E-state index >= 15 is 0 Å². The van der Waals surface area contributed by atoms with Crippen molar-refractivity contribution >= 4 is 37.7 Å². The van der Waals surface area contributed by atoms with E-state index in [1.54, 1.807) is 0 Å². The molecule has 0 aliphatic rings. The van der Waals surface area contributed by atoms with Crippen LogP contribution in [-0.2, 0) is 11.9 Å². The second-order valence-electron chi connectivity index (χ2n) is 8.54. The topological polar surface area (TPSA) is 40.5 Å². The van der Waals surface area contributed by atoms with Crippen LogP contribution >= 0.6 is 37.7 Å². The zero-order valence-electron chi connectivity index (χ0n) is 19.6. The van der Waals surface area contributed by atoms with Gasteiger partial charge in [0.05, 0.1) is 0 Å². The van der Waals surface area contributed by atoms with Gasteiger partial charge in [-0.1, -0.05) is 91.8 Å². The molecule has 0 atom stereocenters. The normalized spacial score (nSPS) is 11.9. The van der Waals surface area contributed by atoms with Crippen LogP contribution in [0.4, 0.5) is 0 Å². The van der Waals surface area contributed by atoms with Crippen molar-refractivity contribution in [3.63, 3.8) is 0 Å². The van der Waals surface area contributed by atoms with E-state index in [1.165, 1.54) is 0 Å². The molecule has 7 heteroatoms. The molecule has 0 aromatic heterocycles. The molecule has 0 unspecified atom stereocenters. The van der Waals surface area contributed by atoms with E-state index in [0.717, 1.165) is 22.3 Å². The summed E-state index contributed by atoms with van der Waals surface area (Å²) in [6.45, 7) is 16.8. The molecule has 0 saturated heterocycles. The van der Waals surface area contributed by atoms with Crippen LogP contribution in [-0.4, -0.2) is 10.2 Å². The van der Waals surface area contributed by atoms with Gasteiger partial charge in [0.2, 0.25) is 0 Å². The van der Waals surface area contributed by atoms with Gasteiger partial charge in [-0.2, -0.15) is 0 Å². The van der Waals surface area contributed by atoms with Gasteiger partial charge in [0.15, 0.2) is 0 Å². The number of halogens is 4. The molecule has 0 heterocycles. The minimum atomic E-state index is -3.28. The summed E-state index contributed by atoms with van der Waals surface area (Å²) in [6, 6.07) is 12.0. The van der Waals surface area contributed by atoms with Gasteiger partial charge >= 0.3 is 49.6 Å². The Hall–Kier alpha value is -0.112. The second-order valence-corrected chi connectivity index (χ2v) is 34.0. The molecule has 2 rings (SSSR count). The van der Waals surface area contributed by atoms with E-state index in [1.807, 2.05) is 36.4 Å². The SMILES string of the molecule is CC(C)c1cccc(C(C)C)c1O.CC(C)c1cccc(C(C)C)c1O.[Cl][W]([Cl])([Cl])[Cl]. The Kier molecular flexibility index (Phi) is 14.2. The molecule has 2 N–H and O–H groups in total. The molecule has 178 valence electrons. The van der Waals surface area contributed by atoms with Crippen LogP contribution in [0, 0.1) is 0 Å². The van der Waals surface area contributed by atoms with Gasteiger partial charge in [-0.25, -0.2) is 0 Å². The fourth-order valence-corrected chi connectivity index (χ4v) is 3.02. The first-order valence-corrected chi connectivity index (χ1v) is 24.9. The van der Waals surface area contributed by atoms with Gasteiger partial charge in [-0.15, -0.1) is 0 Å². The van der Waals surface area contributed by atoms with Crippen molar-refractivity contribution in [2.24, 2.45) is 0 Å². The Bertz CT molecular complexity index is 681. The fraction of sp³-hybridized carbons (Fsp3) is 0.500. The van der Waals surface area contributed by atoms with E-state index in [9.17, 15) is 10.2 Å². The van der Waals surface area contributed by atoms with Crippen molar-refractivity contribution < 1.29 is 22.1 Å². The summed E-state index contributed by atoms with van der Waals surface area (Å²) in [4.78, 5) is 0. The molecule has 2 aromatic rings. The Morgan fingerprint density at radius 1 is 0.516 bits per heavy atom. The number of aromatic hydroxyl groups is 2. The molecule has 0 bridgehead atoms. The van der Waals surface area contributed by atoms with Crippen molar-refractivity contribution in [3.05, 3.63) is 58.7 Å². The molecule has 0 amide bonds. The van der Waals surface area contributed by atoms with Gasteiger partial charge in [0, 0.05) is 0 Å². The van der Waals surface area contributed by atoms with Gasteiger partial charge in [-0.05, 0) is 45.9 Å². The predicted octanol–water partition coefficient (Wildman–Crippen LogP) is 10.0. The summed E-state index contributed by atoms with van der Waals surface area (Å²) in [7, 11) is 20.1. The van der Waals surface area contributed by atoms with E-state index < -0.39 is 11.9 Å². The summed E-state index contributed by atoms with van der Waals surface area (Å²) in [5.74, 6) is 2.51. The molecule has 0 fully saturated rings. The molecule has 2 aromatic carbocycles. The third-order valence-electron chi connectivity index (χ3n) is 4.68. The summed E-state index contributed by atoms with van der Waals surface area (Å²) >= 11 is -3.28. The maximum atomic E-state index is 9.93. The molecule has 0 aliphatic heterocycles. The number of hydrogen-bond acceptors (Lipinski definition) is 2. The monoisotopic (exact) mass is 680 g/mol. The number of phenolic OH excluding ortho intramolecular Hbond substituents is 2.